The largest absolute Gasteiger partial charge is 0.508 e. The molecule has 1 aromatic carbocycles. The van der Waals surface area contributed by atoms with Gasteiger partial charge in [0, 0.05) is 22.9 Å². The Labute approximate surface area is 151 Å². The summed E-state index contributed by atoms with van der Waals surface area (Å²) in [6, 6.07) is 4.19. The number of benzene rings is 1. The Morgan fingerprint density at radius 1 is 1.12 bits per heavy atom. The lowest BCUT2D eigenvalue weighted by Gasteiger charge is -2.56. The average Bonchev–Trinajstić information content (AvgIpc) is 2.76. The molecule has 1 aromatic rings. The van der Waals surface area contributed by atoms with Crippen molar-refractivity contribution in [2.45, 2.75) is 65.7 Å². The number of amides is 1. The molecule has 0 unspecified atom stereocenters. The number of fused-ring (bicyclic) bond motifs is 5. The molecule has 4 atom stereocenters. The molecule has 2 fully saturated rings. The second kappa shape index (κ2) is 5.02. The zero-order valence-electron chi connectivity index (χ0n) is 16.2. The van der Waals surface area contributed by atoms with E-state index in [0.29, 0.717) is 17.6 Å². The summed E-state index contributed by atoms with van der Waals surface area (Å²) < 4.78 is 0. The van der Waals surface area contributed by atoms with Gasteiger partial charge < -0.3 is 10.4 Å². The first-order chi connectivity index (χ1) is 11.6. The highest BCUT2D eigenvalue weighted by molar-refractivity contribution is 5.82. The minimum absolute atomic E-state index is 0.0157. The molecule has 3 heteroatoms. The van der Waals surface area contributed by atoms with Gasteiger partial charge in [-0.05, 0) is 67.1 Å². The number of aryl methyl sites for hydroxylation is 1. The first-order valence-electron chi connectivity index (χ1n) is 9.72. The average molecular weight is 341 g/mol. The smallest absolute Gasteiger partial charge is 0.225 e. The van der Waals surface area contributed by atoms with Crippen LogP contribution in [0.1, 0.15) is 63.6 Å². The van der Waals surface area contributed by atoms with Crippen molar-refractivity contribution in [2.24, 2.45) is 22.7 Å². The lowest BCUT2D eigenvalue weighted by molar-refractivity contribution is -0.138. The molecule has 0 bridgehead atoms. The standard InChI is InChI=1S/C22H31NO2/c1-13-10-14-12-17-21(4)8-9-23-19(25)20(2,3)16(21)6-7-22(17,5)18(14)15(24)11-13/h10-11,16-17,24H,6-9,12H2,1-5H3,(H,23,25)/t16-,17+,21-,22+/m0/s1. The molecule has 3 aliphatic rings. The Hall–Kier alpha value is -1.51. The summed E-state index contributed by atoms with van der Waals surface area (Å²) in [4.78, 5) is 12.7. The van der Waals surface area contributed by atoms with Crippen LogP contribution in [-0.2, 0) is 16.6 Å². The number of carbonyl (C=O) groups is 1. The van der Waals surface area contributed by atoms with Crippen LogP contribution in [0.15, 0.2) is 12.1 Å². The lowest BCUT2D eigenvalue weighted by Crippen LogP contribution is -2.54. The second-order valence-electron chi connectivity index (χ2n) is 9.82. The molecule has 1 aliphatic heterocycles. The molecule has 0 aromatic heterocycles. The van der Waals surface area contributed by atoms with Crippen LogP contribution in [0, 0.1) is 29.6 Å². The monoisotopic (exact) mass is 341 g/mol. The van der Waals surface area contributed by atoms with Crippen molar-refractivity contribution in [3.05, 3.63) is 28.8 Å². The third kappa shape index (κ3) is 2.07. The molecule has 1 saturated carbocycles. The van der Waals surface area contributed by atoms with Crippen LogP contribution in [0.4, 0.5) is 0 Å². The van der Waals surface area contributed by atoms with E-state index >= 15 is 0 Å². The van der Waals surface area contributed by atoms with Crippen molar-refractivity contribution >= 4 is 5.91 Å². The molecular weight excluding hydrogens is 310 g/mol. The SMILES string of the molecule is Cc1cc(O)c2c(c1)C[C@@H]1[C@@]3(C)CCNC(=O)C(C)(C)[C@@H]3CC[C@@]21C. The van der Waals surface area contributed by atoms with Crippen LogP contribution < -0.4 is 5.32 Å². The third-order valence-corrected chi connectivity index (χ3v) is 8.06. The number of rotatable bonds is 0. The Morgan fingerprint density at radius 2 is 1.84 bits per heavy atom. The summed E-state index contributed by atoms with van der Waals surface area (Å²) in [5.74, 6) is 1.55. The van der Waals surface area contributed by atoms with Gasteiger partial charge in [-0.25, -0.2) is 0 Å². The molecule has 3 nitrogen and oxygen atoms in total. The van der Waals surface area contributed by atoms with E-state index < -0.39 is 0 Å². The molecule has 0 spiro atoms. The highest BCUT2D eigenvalue weighted by atomic mass is 16.3. The van der Waals surface area contributed by atoms with Crippen LogP contribution in [-0.4, -0.2) is 17.6 Å². The van der Waals surface area contributed by atoms with Gasteiger partial charge >= 0.3 is 0 Å². The second-order valence-corrected chi connectivity index (χ2v) is 9.82. The fourth-order valence-corrected chi connectivity index (χ4v) is 6.92. The van der Waals surface area contributed by atoms with E-state index in [9.17, 15) is 9.90 Å². The summed E-state index contributed by atoms with van der Waals surface area (Å²) in [6.07, 6.45) is 4.16. The summed E-state index contributed by atoms with van der Waals surface area (Å²) in [7, 11) is 0. The lowest BCUT2D eigenvalue weighted by atomic mass is 9.47. The topological polar surface area (TPSA) is 49.3 Å². The van der Waals surface area contributed by atoms with E-state index in [4.69, 9.17) is 0 Å². The number of carbonyl (C=O) groups excluding carboxylic acids is 1. The quantitative estimate of drug-likeness (QED) is 0.746. The zero-order valence-corrected chi connectivity index (χ0v) is 16.2. The molecule has 25 heavy (non-hydrogen) atoms. The molecule has 0 radical (unpaired) electrons. The third-order valence-electron chi connectivity index (χ3n) is 8.06. The van der Waals surface area contributed by atoms with Crippen molar-refractivity contribution in [2.75, 3.05) is 6.54 Å². The van der Waals surface area contributed by atoms with Crippen LogP contribution >= 0.6 is 0 Å². The first-order valence-corrected chi connectivity index (χ1v) is 9.72. The number of hydrogen-bond acceptors (Lipinski definition) is 2. The molecule has 2 N–H and O–H groups in total. The summed E-state index contributed by atoms with van der Waals surface area (Å²) in [5.41, 5.74) is 3.44. The predicted octanol–water partition coefficient (Wildman–Crippen LogP) is 4.09. The van der Waals surface area contributed by atoms with Crippen molar-refractivity contribution in [3.63, 3.8) is 0 Å². The molecule has 1 amide bonds. The summed E-state index contributed by atoms with van der Waals surface area (Å²) in [6.45, 7) is 11.9. The van der Waals surface area contributed by atoms with Gasteiger partial charge in [-0.3, -0.25) is 4.79 Å². The van der Waals surface area contributed by atoms with Crippen molar-refractivity contribution in [1.29, 1.82) is 0 Å². The van der Waals surface area contributed by atoms with Crippen molar-refractivity contribution in [1.82, 2.24) is 5.32 Å². The van der Waals surface area contributed by atoms with Gasteiger partial charge in [0.05, 0.1) is 0 Å². The number of nitrogens with one attached hydrogen (secondary N) is 1. The van der Waals surface area contributed by atoms with Crippen LogP contribution in [0.5, 0.6) is 5.75 Å². The fraction of sp³-hybridized carbons (Fsp3) is 0.682. The fourth-order valence-electron chi connectivity index (χ4n) is 6.92. The summed E-state index contributed by atoms with van der Waals surface area (Å²) in [5, 5.41) is 13.9. The molecule has 1 saturated heterocycles. The van der Waals surface area contributed by atoms with Gasteiger partial charge in [0.1, 0.15) is 5.75 Å². The number of hydrogen-bond donors (Lipinski definition) is 2. The van der Waals surface area contributed by atoms with Crippen molar-refractivity contribution in [3.8, 4) is 5.75 Å². The first kappa shape index (κ1) is 16.9. The van der Waals surface area contributed by atoms with Gasteiger partial charge in [0.2, 0.25) is 5.91 Å². The maximum absolute atomic E-state index is 12.7. The normalized spacial score (nSPS) is 39.0. The maximum Gasteiger partial charge on any atom is 0.225 e. The number of phenolic OH excluding ortho intramolecular Hbond substituents is 1. The van der Waals surface area contributed by atoms with Gasteiger partial charge in [-0.1, -0.05) is 33.8 Å². The van der Waals surface area contributed by atoms with Gasteiger partial charge in [0.15, 0.2) is 0 Å². The number of aromatic hydroxyl groups is 1. The zero-order chi connectivity index (χ0) is 18.2. The van der Waals surface area contributed by atoms with Gasteiger partial charge in [-0.15, -0.1) is 0 Å². The van der Waals surface area contributed by atoms with E-state index in [1.165, 1.54) is 11.1 Å². The van der Waals surface area contributed by atoms with Gasteiger partial charge in [-0.2, -0.15) is 0 Å². The Bertz CT molecular complexity index is 753. The highest BCUT2D eigenvalue weighted by Crippen LogP contribution is 2.66. The predicted molar refractivity (Wildman–Crippen MR) is 99.6 cm³/mol. The Kier molecular flexibility index (Phi) is 3.40. The van der Waals surface area contributed by atoms with E-state index in [0.717, 1.165) is 37.8 Å². The molecule has 1 heterocycles. The molecular formula is C22H31NO2. The van der Waals surface area contributed by atoms with Crippen LogP contribution in [0.25, 0.3) is 0 Å². The van der Waals surface area contributed by atoms with Crippen LogP contribution in [0.3, 0.4) is 0 Å². The van der Waals surface area contributed by atoms with E-state index in [1.807, 2.05) is 6.07 Å². The Balaban J connectivity index is 1.85. The molecule has 2 aliphatic carbocycles. The van der Waals surface area contributed by atoms with E-state index in [1.54, 1.807) is 0 Å². The van der Waals surface area contributed by atoms with Crippen LogP contribution in [0.2, 0.25) is 0 Å². The molecule has 136 valence electrons. The maximum atomic E-state index is 12.7. The van der Waals surface area contributed by atoms with E-state index in [-0.39, 0.29) is 22.2 Å². The Morgan fingerprint density at radius 3 is 2.56 bits per heavy atom. The van der Waals surface area contributed by atoms with Crippen molar-refractivity contribution < 1.29 is 9.90 Å². The minimum atomic E-state index is -0.334. The summed E-state index contributed by atoms with van der Waals surface area (Å²) >= 11 is 0. The van der Waals surface area contributed by atoms with Gasteiger partial charge in [0.25, 0.3) is 0 Å². The van der Waals surface area contributed by atoms with E-state index in [2.05, 4.69) is 46.0 Å². The number of phenols is 1. The minimum Gasteiger partial charge on any atom is -0.508 e. The molecule has 4 rings (SSSR count). The highest BCUT2D eigenvalue weighted by Gasteiger charge is 2.62.